The van der Waals surface area contributed by atoms with Gasteiger partial charge in [0.1, 0.15) is 6.10 Å². The zero-order valence-corrected chi connectivity index (χ0v) is 18.6. The quantitative estimate of drug-likeness (QED) is 0.396. The monoisotopic (exact) mass is 390 g/mol. The van der Waals surface area contributed by atoms with Crippen LogP contribution in [0.25, 0.3) is 0 Å². The third-order valence-corrected chi connectivity index (χ3v) is 8.21. The number of ether oxygens (including phenoxy) is 2. The number of rotatable bonds is 5. The van der Waals surface area contributed by atoms with E-state index >= 15 is 0 Å². The van der Waals surface area contributed by atoms with E-state index < -0.39 is 0 Å². The molecule has 0 aromatic heterocycles. The summed E-state index contributed by atoms with van der Waals surface area (Å²) < 4.78 is 12.2. The molecule has 0 aliphatic heterocycles. The molecule has 0 N–H and O–H groups in total. The van der Waals surface area contributed by atoms with Crippen LogP contribution in [-0.2, 0) is 14.3 Å². The van der Waals surface area contributed by atoms with Crippen molar-refractivity contribution in [2.45, 2.75) is 104 Å². The Morgan fingerprint density at radius 2 is 1.11 bits per heavy atom. The molecule has 3 aliphatic rings. The Bertz CT molecular complexity index is 486. The third-order valence-electron chi connectivity index (χ3n) is 8.21. The van der Waals surface area contributed by atoms with Crippen LogP contribution in [0.2, 0.25) is 0 Å². The maximum Gasteiger partial charge on any atom is 0.309 e. The zero-order chi connectivity index (χ0) is 20.3. The van der Waals surface area contributed by atoms with Crippen LogP contribution in [0.1, 0.15) is 91.9 Å². The molecule has 3 rings (SSSR count). The summed E-state index contributed by atoms with van der Waals surface area (Å²) in [6, 6.07) is 0. The standard InChI is InChI=1S/C25H42O3/c1-16-6-8-21(14-18(16)3)20(5)27-23-10-12-24(13-11-23)28-25(26)22-9-7-17(2)19(4)15-22/h16-19,21-24H,5-15H2,1-4H3. The molecule has 3 nitrogen and oxygen atoms in total. The zero-order valence-electron chi connectivity index (χ0n) is 18.6. The lowest BCUT2D eigenvalue weighted by molar-refractivity contribution is -0.158. The minimum absolute atomic E-state index is 0.0536. The molecular formula is C25H42O3. The summed E-state index contributed by atoms with van der Waals surface area (Å²) in [4.78, 5) is 12.6. The minimum Gasteiger partial charge on any atom is -0.495 e. The molecule has 6 unspecified atom stereocenters. The van der Waals surface area contributed by atoms with Crippen molar-refractivity contribution in [1.29, 1.82) is 0 Å². The smallest absolute Gasteiger partial charge is 0.309 e. The second kappa shape index (κ2) is 9.67. The van der Waals surface area contributed by atoms with Gasteiger partial charge in [0.05, 0.1) is 17.8 Å². The lowest BCUT2D eigenvalue weighted by Crippen LogP contribution is -2.33. The van der Waals surface area contributed by atoms with Crippen molar-refractivity contribution in [2.75, 3.05) is 0 Å². The fraction of sp³-hybridized carbons (Fsp3) is 0.880. The van der Waals surface area contributed by atoms with E-state index in [2.05, 4.69) is 34.3 Å². The average molecular weight is 391 g/mol. The first-order valence-electron chi connectivity index (χ1n) is 11.9. The number of carbonyl (C=O) groups is 1. The van der Waals surface area contributed by atoms with Crippen LogP contribution in [0.5, 0.6) is 0 Å². The Kier molecular flexibility index (Phi) is 7.50. The van der Waals surface area contributed by atoms with Crippen LogP contribution in [0.4, 0.5) is 0 Å². The van der Waals surface area contributed by atoms with Crippen molar-refractivity contribution in [1.82, 2.24) is 0 Å². The van der Waals surface area contributed by atoms with Crippen molar-refractivity contribution >= 4 is 5.97 Å². The summed E-state index contributed by atoms with van der Waals surface area (Å²) in [6.07, 6.45) is 11.0. The lowest BCUT2D eigenvalue weighted by Gasteiger charge is -2.36. The third kappa shape index (κ3) is 5.54. The highest BCUT2D eigenvalue weighted by molar-refractivity contribution is 5.72. The Labute approximate surface area is 172 Å². The van der Waals surface area contributed by atoms with Gasteiger partial charge in [-0.25, -0.2) is 0 Å². The highest BCUT2D eigenvalue weighted by Crippen LogP contribution is 2.38. The molecule has 0 amide bonds. The van der Waals surface area contributed by atoms with E-state index in [0.717, 1.165) is 68.5 Å². The van der Waals surface area contributed by atoms with Crippen molar-refractivity contribution in [3.05, 3.63) is 12.3 Å². The van der Waals surface area contributed by atoms with Crippen molar-refractivity contribution < 1.29 is 14.3 Å². The summed E-state index contributed by atoms with van der Waals surface area (Å²) in [5.74, 6) is 4.66. The first-order valence-corrected chi connectivity index (χ1v) is 11.9. The van der Waals surface area contributed by atoms with E-state index in [1.807, 2.05) is 0 Å². The van der Waals surface area contributed by atoms with E-state index in [0.29, 0.717) is 11.8 Å². The molecule has 3 saturated carbocycles. The predicted octanol–water partition coefficient (Wildman–Crippen LogP) is 6.52. The van der Waals surface area contributed by atoms with Gasteiger partial charge in [-0.1, -0.05) is 34.3 Å². The van der Waals surface area contributed by atoms with Crippen LogP contribution in [-0.4, -0.2) is 18.2 Å². The van der Waals surface area contributed by atoms with Crippen LogP contribution in [0.15, 0.2) is 12.3 Å². The Morgan fingerprint density at radius 1 is 0.643 bits per heavy atom. The van der Waals surface area contributed by atoms with Crippen molar-refractivity contribution in [3.8, 4) is 0 Å². The van der Waals surface area contributed by atoms with Gasteiger partial charge in [0.2, 0.25) is 0 Å². The fourth-order valence-electron chi connectivity index (χ4n) is 5.44. The van der Waals surface area contributed by atoms with Crippen LogP contribution >= 0.6 is 0 Å². The Hall–Kier alpha value is -0.990. The summed E-state index contributed by atoms with van der Waals surface area (Å²) in [6.45, 7) is 13.6. The summed E-state index contributed by atoms with van der Waals surface area (Å²) in [5.41, 5.74) is 0. The van der Waals surface area contributed by atoms with E-state index in [9.17, 15) is 4.79 Å². The Balaban J connectivity index is 1.37. The highest BCUT2D eigenvalue weighted by atomic mass is 16.5. The molecule has 160 valence electrons. The van der Waals surface area contributed by atoms with Gasteiger partial charge in [0.15, 0.2) is 0 Å². The van der Waals surface area contributed by atoms with Crippen LogP contribution in [0.3, 0.4) is 0 Å². The van der Waals surface area contributed by atoms with Gasteiger partial charge in [-0.3, -0.25) is 4.79 Å². The summed E-state index contributed by atoms with van der Waals surface area (Å²) in [5, 5.41) is 0. The summed E-state index contributed by atoms with van der Waals surface area (Å²) >= 11 is 0. The molecule has 28 heavy (non-hydrogen) atoms. The SMILES string of the molecule is C=C(OC1CCC(OC(=O)C2CCC(C)C(C)C2)CC1)C1CCC(C)C(C)C1. The molecular weight excluding hydrogens is 348 g/mol. The van der Waals surface area contributed by atoms with Crippen LogP contribution < -0.4 is 0 Å². The van der Waals surface area contributed by atoms with Gasteiger partial charge in [-0.05, 0) is 87.9 Å². The summed E-state index contributed by atoms with van der Waals surface area (Å²) in [7, 11) is 0. The van der Waals surface area contributed by atoms with Crippen molar-refractivity contribution in [2.24, 2.45) is 35.5 Å². The molecule has 0 spiro atoms. The largest absolute Gasteiger partial charge is 0.495 e. The molecule has 3 heteroatoms. The van der Waals surface area contributed by atoms with Crippen molar-refractivity contribution in [3.63, 3.8) is 0 Å². The first-order chi connectivity index (χ1) is 13.3. The van der Waals surface area contributed by atoms with Crippen LogP contribution in [0, 0.1) is 35.5 Å². The minimum atomic E-state index is 0.0536. The van der Waals surface area contributed by atoms with Gasteiger partial charge in [-0.15, -0.1) is 0 Å². The normalized spacial score (nSPS) is 41.9. The second-order valence-electron chi connectivity index (χ2n) is 10.3. The molecule has 0 radical (unpaired) electrons. The lowest BCUT2D eigenvalue weighted by atomic mass is 9.75. The number of hydrogen-bond donors (Lipinski definition) is 0. The van der Waals surface area contributed by atoms with Gasteiger partial charge < -0.3 is 9.47 Å². The Morgan fingerprint density at radius 3 is 1.64 bits per heavy atom. The molecule has 6 atom stereocenters. The number of esters is 1. The molecule has 0 saturated heterocycles. The second-order valence-corrected chi connectivity index (χ2v) is 10.3. The van der Waals surface area contributed by atoms with Gasteiger partial charge in [-0.2, -0.15) is 0 Å². The van der Waals surface area contributed by atoms with Gasteiger partial charge in [0, 0.05) is 5.92 Å². The average Bonchev–Trinajstić information content (AvgIpc) is 2.67. The predicted molar refractivity (Wildman–Crippen MR) is 114 cm³/mol. The van der Waals surface area contributed by atoms with Gasteiger partial charge in [0.25, 0.3) is 0 Å². The van der Waals surface area contributed by atoms with E-state index in [1.54, 1.807) is 0 Å². The molecule has 0 aromatic carbocycles. The highest BCUT2D eigenvalue weighted by Gasteiger charge is 2.33. The maximum atomic E-state index is 12.6. The van der Waals surface area contributed by atoms with E-state index in [-0.39, 0.29) is 24.1 Å². The fourth-order valence-corrected chi connectivity index (χ4v) is 5.44. The topological polar surface area (TPSA) is 35.5 Å². The molecule has 0 heterocycles. The molecule has 0 aromatic rings. The maximum absolute atomic E-state index is 12.6. The van der Waals surface area contributed by atoms with Gasteiger partial charge >= 0.3 is 5.97 Å². The molecule has 3 fully saturated rings. The molecule has 0 bridgehead atoms. The van der Waals surface area contributed by atoms with E-state index in [4.69, 9.17) is 9.47 Å². The number of hydrogen-bond acceptors (Lipinski definition) is 3. The van der Waals surface area contributed by atoms with E-state index in [1.165, 1.54) is 19.3 Å². The molecule has 3 aliphatic carbocycles. The number of carbonyl (C=O) groups excluding carboxylic acids is 1. The number of allylic oxidation sites excluding steroid dienone is 1. The first kappa shape index (κ1) is 21.7.